The molecule has 0 radical (unpaired) electrons. The van der Waals surface area contributed by atoms with Crippen LogP contribution in [0.2, 0.25) is 0 Å². The lowest BCUT2D eigenvalue weighted by atomic mass is 10.0. The standard InChI is InChI=1S/C16H24N2O3S/c1-4-16(19)18-9-5-6-13-10-14(7-8-15(13)18)17-22(20,21)11-12(2)3/h7-8,10,12,17H,4-6,9,11H2,1-3H3. The van der Waals surface area contributed by atoms with Gasteiger partial charge in [-0.15, -0.1) is 0 Å². The zero-order chi connectivity index (χ0) is 16.3. The number of hydrogen-bond donors (Lipinski definition) is 1. The van der Waals surface area contributed by atoms with Gasteiger partial charge in [0.1, 0.15) is 0 Å². The molecule has 22 heavy (non-hydrogen) atoms. The summed E-state index contributed by atoms with van der Waals surface area (Å²) in [6.45, 7) is 6.34. The molecular weight excluding hydrogens is 300 g/mol. The highest BCUT2D eigenvalue weighted by molar-refractivity contribution is 7.92. The van der Waals surface area contributed by atoms with E-state index in [4.69, 9.17) is 0 Å². The first-order chi connectivity index (χ1) is 10.3. The van der Waals surface area contributed by atoms with E-state index in [0.717, 1.165) is 30.6 Å². The number of carbonyl (C=O) groups is 1. The molecule has 0 aromatic heterocycles. The molecule has 122 valence electrons. The van der Waals surface area contributed by atoms with Gasteiger partial charge in [0, 0.05) is 24.3 Å². The molecule has 0 fully saturated rings. The van der Waals surface area contributed by atoms with Crippen molar-refractivity contribution in [2.75, 3.05) is 21.9 Å². The highest BCUT2D eigenvalue weighted by Crippen LogP contribution is 2.30. The number of carbonyl (C=O) groups excluding carboxylic acids is 1. The van der Waals surface area contributed by atoms with E-state index in [9.17, 15) is 13.2 Å². The molecule has 6 heteroatoms. The van der Waals surface area contributed by atoms with E-state index in [1.54, 1.807) is 11.0 Å². The van der Waals surface area contributed by atoms with Crippen LogP contribution in [0.15, 0.2) is 18.2 Å². The van der Waals surface area contributed by atoms with E-state index in [0.29, 0.717) is 12.1 Å². The fraction of sp³-hybridized carbons (Fsp3) is 0.562. The Morgan fingerprint density at radius 3 is 2.73 bits per heavy atom. The van der Waals surface area contributed by atoms with Crippen LogP contribution >= 0.6 is 0 Å². The van der Waals surface area contributed by atoms with Gasteiger partial charge in [-0.05, 0) is 42.5 Å². The summed E-state index contributed by atoms with van der Waals surface area (Å²) in [4.78, 5) is 13.8. The van der Waals surface area contributed by atoms with Crippen molar-refractivity contribution < 1.29 is 13.2 Å². The molecule has 0 aliphatic carbocycles. The fourth-order valence-corrected chi connectivity index (χ4v) is 4.22. The molecule has 1 aromatic rings. The Kier molecular flexibility index (Phi) is 5.11. The van der Waals surface area contributed by atoms with Gasteiger partial charge in [0.25, 0.3) is 0 Å². The number of rotatable bonds is 5. The van der Waals surface area contributed by atoms with Gasteiger partial charge in [0.15, 0.2) is 0 Å². The number of fused-ring (bicyclic) bond motifs is 1. The molecule has 0 spiro atoms. The zero-order valence-corrected chi connectivity index (χ0v) is 14.2. The number of anilines is 2. The second-order valence-corrected chi connectivity index (χ2v) is 7.89. The summed E-state index contributed by atoms with van der Waals surface area (Å²) in [6.07, 6.45) is 2.24. The molecule has 1 aliphatic rings. The molecule has 0 atom stereocenters. The molecule has 0 bridgehead atoms. The Morgan fingerprint density at radius 1 is 1.36 bits per heavy atom. The lowest BCUT2D eigenvalue weighted by Gasteiger charge is -2.29. The van der Waals surface area contributed by atoms with Crippen LogP contribution in [0.3, 0.4) is 0 Å². The highest BCUT2D eigenvalue weighted by Gasteiger charge is 2.22. The lowest BCUT2D eigenvalue weighted by molar-refractivity contribution is -0.118. The predicted octanol–water partition coefficient (Wildman–Crippen LogP) is 2.77. The number of amides is 1. The molecule has 1 amide bonds. The Hall–Kier alpha value is -1.56. The summed E-state index contributed by atoms with van der Waals surface area (Å²) in [5.74, 6) is 0.284. The largest absolute Gasteiger partial charge is 0.312 e. The number of sulfonamides is 1. The molecule has 0 saturated carbocycles. The quantitative estimate of drug-likeness (QED) is 0.905. The van der Waals surface area contributed by atoms with E-state index >= 15 is 0 Å². The fourth-order valence-electron chi connectivity index (χ4n) is 2.77. The average molecular weight is 324 g/mol. The molecule has 1 heterocycles. The number of benzene rings is 1. The highest BCUT2D eigenvalue weighted by atomic mass is 32.2. The number of nitrogens with one attached hydrogen (secondary N) is 1. The Morgan fingerprint density at radius 2 is 2.09 bits per heavy atom. The Bertz CT molecular complexity index is 653. The summed E-state index contributed by atoms with van der Waals surface area (Å²) in [5, 5.41) is 0. The van der Waals surface area contributed by atoms with Crippen molar-refractivity contribution >= 4 is 27.3 Å². The Labute approximate surface area is 132 Å². The summed E-state index contributed by atoms with van der Waals surface area (Å²) in [7, 11) is -3.33. The smallest absolute Gasteiger partial charge is 0.232 e. The van der Waals surface area contributed by atoms with Gasteiger partial charge in [-0.2, -0.15) is 0 Å². The van der Waals surface area contributed by atoms with Gasteiger partial charge < -0.3 is 4.90 Å². The Balaban J connectivity index is 2.23. The SMILES string of the molecule is CCC(=O)N1CCCc2cc(NS(=O)(=O)CC(C)C)ccc21. The number of nitrogens with zero attached hydrogens (tertiary/aromatic N) is 1. The van der Waals surface area contributed by atoms with E-state index < -0.39 is 10.0 Å². The third kappa shape index (κ3) is 4.00. The van der Waals surface area contributed by atoms with Crippen molar-refractivity contribution in [2.45, 2.75) is 40.0 Å². The van der Waals surface area contributed by atoms with Crippen molar-refractivity contribution in [1.29, 1.82) is 0 Å². The molecule has 1 aliphatic heterocycles. The first-order valence-corrected chi connectivity index (χ1v) is 9.41. The van der Waals surface area contributed by atoms with Crippen LogP contribution < -0.4 is 9.62 Å². The zero-order valence-electron chi connectivity index (χ0n) is 13.4. The normalized spacial score (nSPS) is 14.8. The van der Waals surface area contributed by atoms with E-state index in [-0.39, 0.29) is 17.6 Å². The second-order valence-electron chi connectivity index (χ2n) is 6.12. The average Bonchev–Trinajstić information content (AvgIpc) is 2.43. The third-order valence-corrected chi connectivity index (χ3v) is 5.28. The minimum absolute atomic E-state index is 0.0767. The molecule has 0 saturated heterocycles. The maximum absolute atomic E-state index is 12.0. The van der Waals surface area contributed by atoms with Crippen LogP contribution in [0.4, 0.5) is 11.4 Å². The van der Waals surface area contributed by atoms with Gasteiger partial charge in [0.05, 0.1) is 5.75 Å². The molecule has 0 unspecified atom stereocenters. The van der Waals surface area contributed by atoms with E-state index in [1.165, 1.54) is 0 Å². The minimum Gasteiger partial charge on any atom is -0.312 e. The predicted molar refractivity (Wildman–Crippen MR) is 89.7 cm³/mol. The lowest BCUT2D eigenvalue weighted by Crippen LogP contribution is -2.34. The van der Waals surface area contributed by atoms with Gasteiger partial charge in [-0.1, -0.05) is 20.8 Å². The van der Waals surface area contributed by atoms with Crippen molar-refractivity contribution in [2.24, 2.45) is 5.92 Å². The van der Waals surface area contributed by atoms with Crippen LogP contribution in [-0.4, -0.2) is 26.6 Å². The number of hydrogen-bond acceptors (Lipinski definition) is 3. The first-order valence-electron chi connectivity index (χ1n) is 7.76. The van der Waals surface area contributed by atoms with Gasteiger partial charge >= 0.3 is 0 Å². The third-order valence-electron chi connectivity index (χ3n) is 3.63. The van der Waals surface area contributed by atoms with E-state index in [1.807, 2.05) is 32.9 Å². The van der Waals surface area contributed by atoms with Crippen molar-refractivity contribution in [3.05, 3.63) is 23.8 Å². The maximum atomic E-state index is 12.0. The van der Waals surface area contributed by atoms with Gasteiger partial charge in [-0.3, -0.25) is 9.52 Å². The molecule has 1 aromatic carbocycles. The van der Waals surface area contributed by atoms with Crippen molar-refractivity contribution in [1.82, 2.24) is 0 Å². The van der Waals surface area contributed by atoms with Crippen molar-refractivity contribution in [3.63, 3.8) is 0 Å². The monoisotopic (exact) mass is 324 g/mol. The van der Waals surface area contributed by atoms with Crippen LogP contribution in [0.5, 0.6) is 0 Å². The second kappa shape index (κ2) is 6.69. The topological polar surface area (TPSA) is 66.5 Å². The van der Waals surface area contributed by atoms with Crippen LogP contribution in [0.25, 0.3) is 0 Å². The van der Waals surface area contributed by atoms with Crippen LogP contribution in [-0.2, 0) is 21.2 Å². The van der Waals surface area contributed by atoms with E-state index in [2.05, 4.69) is 4.72 Å². The molecule has 2 rings (SSSR count). The molecular formula is C16H24N2O3S. The first kappa shape index (κ1) is 16.8. The molecule has 5 nitrogen and oxygen atoms in total. The maximum Gasteiger partial charge on any atom is 0.232 e. The van der Waals surface area contributed by atoms with Crippen LogP contribution in [0.1, 0.15) is 39.2 Å². The summed E-state index contributed by atoms with van der Waals surface area (Å²) in [6, 6.07) is 5.43. The summed E-state index contributed by atoms with van der Waals surface area (Å²) < 4.78 is 26.7. The van der Waals surface area contributed by atoms with Gasteiger partial charge in [0.2, 0.25) is 15.9 Å². The number of aryl methyl sites for hydroxylation is 1. The van der Waals surface area contributed by atoms with Crippen LogP contribution in [0, 0.1) is 5.92 Å². The van der Waals surface area contributed by atoms with Crippen molar-refractivity contribution in [3.8, 4) is 0 Å². The minimum atomic E-state index is -3.33. The summed E-state index contributed by atoms with van der Waals surface area (Å²) in [5.41, 5.74) is 2.51. The summed E-state index contributed by atoms with van der Waals surface area (Å²) >= 11 is 0. The molecule has 1 N–H and O–H groups in total. The van der Waals surface area contributed by atoms with Gasteiger partial charge in [-0.25, -0.2) is 8.42 Å².